The number of aliphatic imine (C=N–C) groups is 1. The van der Waals surface area contributed by atoms with Crippen LogP contribution in [0.25, 0.3) is 0 Å². The highest BCUT2D eigenvalue weighted by Gasteiger charge is 2.25. The van der Waals surface area contributed by atoms with E-state index in [-0.39, 0.29) is 24.0 Å². The van der Waals surface area contributed by atoms with Gasteiger partial charge in [-0.3, -0.25) is 9.67 Å². The molecule has 0 saturated carbocycles. The van der Waals surface area contributed by atoms with Crippen molar-refractivity contribution in [3.63, 3.8) is 0 Å². The molecule has 2 heterocycles. The first-order chi connectivity index (χ1) is 9.58. The van der Waals surface area contributed by atoms with E-state index < -0.39 is 0 Å². The molecule has 0 aromatic carbocycles. The van der Waals surface area contributed by atoms with Crippen molar-refractivity contribution in [1.29, 1.82) is 0 Å². The lowest BCUT2D eigenvalue weighted by atomic mass is 9.97. The Bertz CT molecular complexity index is 455. The van der Waals surface area contributed by atoms with E-state index in [4.69, 9.17) is 0 Å². The molecule has 1 unspecified atom stereocenters. The van der Waals surface area contributed by atoms with Gasteiger partial charge in [0.05, 0.1) is 6.20 Å². The standard InChI is InChI=1S/C15H27N5.HI/c1-12(2)7-13-5-6-20(11-13)15(16-3)17-8-14-9-18-19(4)10-14;/h9-10,12-13H,5-8,11H2,1-4H3,(H,16,17);1H. The van der Waals surface area contributed by atoms with Gasteiger partial charge in [-0.05, 0) is 24.7 Å². The largest absolute Gasteiger partial charge is 0.352 e. The first-order valence-corrected chi connectivity index (χ1v) is 7.51. The fraction of sp³-hybridized carbons (Fsp3) is 0.733. The van der Waals surface area contributed by atoms with Gasteiger partial charge in [-0.1, -0.05) is 13.8 Å². The number of nitrogens with zero attached hydrogens (tertiary/aromatic N) is 4. The molecule has 1 saturated heterocycles. The third-order valence-corrected chi connectivity index (χ3v) is 3.81. The number of rotatable bonds is 4. The van der Waals surface area contributed by atoms with Crippen molar-refractivity contribution in [3.8, 4) is 0 Å². The maximum absolute atomic E-state index is 4.41. The molecule has 21 heavy (non-hydrogen) atoms. The quantitative estimate of drug-likeness (QED) is 0.476. The summed E-state index contributed by atoms with van der Waals surface area (Å²) in [6, 6.07) is 0. The van der Waals surface area contributed by atoms with Crippen molar-refractivity contribution in [1.82, 2.24) is 20.0 Å². The van der Waals surface area contributed by atoms with E-state index in [0.717, 1.165) is 37.4 Å². The van der Waals surface area contributed by atoms with Crippen molar-refractivity contribution < 1.29 is 0 Å². The van der Waals surface area contributed by atoms with Gasteiger partial charge < -0.3 is 10.2 Å². The number of aryl methyl sites for hydroxylation is 1. The van der Waals surface area contributed by atoms with Crippen molar-refractivity contribution in [2.75, 3.05) is 20.1 Å². The minimum absolute atomic E-state index is 0. The number of aromatic nitrogens is 2. The third-order valence-electron chi connectivity index (χ3n) is 3.81. The molecule has 1 N–H and O–H groups in total. The second kappa shape index (κ2) is 8.60. The average molecular weight is 405 g/mol. The fourth-order valence-electron chi connectivity index (χ4n) is 2.96. The molecule has 2 rings (SSSR count). The van der Waals surface area contributed by atoms with Gasteiger partial charge in [-0.2, -0.15) is 5.10 Å². The maximum Gasteiger partial charge on any atom is 0.193 e. The highest BCUT2D eigenvalue weighted by molar-refractivity contribution is 14.0. The molecule has 0 radical (unpaired) electrons. The summed E-state index contributed by atoms with van der Waals surface area (Å²) in [6.45, 7) is 7.64. The zero-order valence-corrected chi connectivity index (χ0v) is 15.9. The second-order valence-electron chi connectivity index (χ2n) is 6.15. The van der Waals surface area contributed by atoms with Gasteiger partial charge in [0, 0.05) is 45.5 Å². The summed E-state index contributed by atoms with van der Waals surface area (Å²) in [6.07, 6.45) is 6.53. The van der Waals surface area contributed by atoms with Gasteiger partial charge in [0.15, 0.2) is 5.96 Å². The Balaban J connectivity index is 0.00000220. The van der Waals surface area contributed by atoms with Gasteiger partial charge in [0.25, 0.3) is 0 Å². The summed E-state index contributed by atoms with van der Waals surface area (Å²) < 4.78 is 1.83. The predicted octanol–water partition coefficient (Wildman–Crippen LogP) is 2.48. The lowest BCUT2D eigenvalue weighted by molar-refractivity contribution is 0.403. The Morgan fingerprint density at radius 1 is 1.52 bits per heavy atom. The molecular formula is C15H28IN5. The summed E-state index contributed by atoms with van der Waals surface area (Å²) >= 11 is 0. The number of hydrogen-bond donors (Lipinski definition) is 1. The molecule has 6 heteroatoms. The minimum atomic E-state index is 0. The van der Waals surface area contributed by atoms with E-state index in [1.165, 1.54) is 18.4 Å². The molecule has 0 amide bonds. The topological polar surface area (TPSA) is 45.5 Å². The van der Waals surface area contributed by atoms with Crippen molar-refractivity contribution in [3.05, 3.63) is 18.0 Å². The molecule has 0 spiro atoms. The molecule has 0 aliphatic carbocycles. The molecular weight excluding hydrogens is 377 g/mol. The predicted molar refractivity (Wildman–Crippen MR) is 98.0 cm³/mol. The summed E-state index contributed by atoms with van der Waals surface area (Å²) in [7, 11) is 3.80. The number of guanidine groups is 1. The Morgan fingerprint density at radius 3 is 2.86 bits per heavy atom. The van der Waals surface area contributed by atoms with E-state index in [9.17, 15) is 0 Å². The van der Waals surface area contributed by atoms with Crippen LogP contribution in [-0.4, -0.2) is 40.8 Å². The Kier molecular flexibility index (Phi) is 7.48. The maximum atomic E-state index is 4.41. The Hall–Kier alpha value is -0.790. The number of hydrogen-bond acceptors (Lipinski definition) is 2. The van der Waals surface area contributed by atoms with Gasteiger partial charge in [0.2, 0.25) is 0 Å². The minimum Gasteiger partial charge on any atom is -0.352 e. The molecule has 1 fully saturated rings. The van der Waals surface area contributed by atoms with Crippen molar-refractivity contribution in [2.45, 2.75) is 33.2 Å². The molecule has 120 valence electrons. The van der Waals surface area contributed by atoms with Crippen LogP contribution in [-0.2, 0) is 13.6 Å². The molecule has 5 nitrogen and oxygen atoms in total. The number of nitrogens with one attached hydrogen (secondary N) is 1. The average Bonchev–Trinajstić information content (AvgIpc) is 2.99. The van der Waals surface area contributed by atoms with Crippen LogP contribution in [0.1, 0.15) is 32.3 Å². The van der Waals surface area contributed by atoms with Crippen molar-refractivity contribution in [2.24, 2.45) is 23.9 Å². The van der Waals surface area contributed by atoms with E-state index in [1.807, 2.05) is 31.2 Å². The van der Waals surface area contributed by atoms with E-state index in [0.29, 0.717) is 0 Å². The Morgan fingerprint density at radius 2 is 2.29 bits per heavy atom. The van der Waals surface area contributed by atoms with Crippen LogP contribution in [0.2, 0.25) is 0 Å². The second-order valence-corrected chi connectivity index (χ2v) is 6.15. The SMILES string of the molecule is CN=C(NCc1cnn(C)c1)N1CCC(CC(C)C)C1.I. The van der Waals surface area contributed by atoms with Crippen LogP contribution in [0.15, 0.2) is 17.4 Å². The van der Waals surface area contributed by atoms with E-state index in [2.05, 4.69) is 34.2 Å². The molecule has 1 aromatic heterocycles. The normalized spacial score (nSPS) is 19.0. The number of likely N-dealkylation sites (tertiary alicyclic amines) is 1. The summed E-state index contributed by atoms with van der Waals surface area (Å²) in [5.74, 6) is 2.61. The first kappa shape index (κ1) is 18.3. The van der Waals surface area contributed by atoms with E-state index >= 15 is 0 Å². The van der Waals surface area contributed by atoms with Crippen LogP contribution in [0, 0.1) is 11.8 Å². The van der Waals surface area contributed by atoms with Gasteiger partial charge in [-0.25, -0.2) is 0 Å². The van der Waals surface area contributed by atoms with Crippen LogP contribution >= 0.6 is 24.0 Å². The molecule has 1 atom stereocenters. The lowest BCUT2D eigenvalue weighted by Crippen LogP contribution is -2.39. The van der Waals surface area contributed by atoms with Crippen LogP contribution in [0.5, 0.6) is 0 Å². The van der Waals surface area contributed by atoms with Crippen LogP contribution < -0.4 is 5.32 Å². The zero-order chi connectivity index (χ0) is 14.5. The fourth-order valence-corrected chi connectivity index (χ4v) is 2.96. The summed E-state index contributed by atoms with van der Waals surface area (Å²) in [5, 5.41) is 7.62. The van der Waals surface area contributed by atoms with Gasteiger partial charge >= 0.3 is 0 Å². The Labute approximate surface area is 145 Å². The van der Waals surface area contributed by atoms with Gasteiger partial charge in [-0.15, -0.1) is 24.0 Å². The van der Waals surface area contributed by atoms with E-state index in [1.54, 1.807) is 0 Å². The summed E-state index contributed by atoms with van der Waals surface area (Å²) in [4.78, 5) is 6.79. The molecule has 1 aromatic rings. The van der Waals surface area contributed by atoms with Crippen molar-refractivity contribution >= 4 is 29.9 Å². The first-order valence-electron chi connectivity index (χ1n) is 7.51. The smallest absolute Gasteiger partial charge is 0.193 e. The zero-order valence-electron chi connectivity index (χ0n) is 13.5. The van der Waals surface area contributed by atoms with Crippen LogP contribution in [0.3, 0.4) is 0 Å². The highest BCUT2D eigenvalue weighted by Crippen LogP contribution is 2.23. The monoisotopic (exact) mass is 405 g/mol. The third kappa shape index (κ3) is 5.48. The van der Waals surface area contributed by atoms with Gasteiger partial charge in [0.1, 0.15) is 0 Å². The molecule has 0 bridgehead atoms. The summed E-state index contributed by atoms with van der Waals surface area (Å²) in [5.41, 5.74) is 1.19. The molecule has 1 aliphatic heterocycles. The molecule has 1 aliphatic rings. The van der Waals surface area contributed by atoms with Crippen LogP contribution in [0.4, 0.5) is 0 Å². The lowest BCUT2D eigenvalue weighted by Gasteiger charge is -2.21. The number of halogens is 1. The highest BCUT2D eigenvalue weighted by atomic mass is 127.